The van der Waals surface area contributed by atoms with Crippen molar-refractivity contribution in [3.05, 3.63) is 11.6 Å². The topological polar surface area (TPSA) is 143 Å². The normalized spacial score (nSPS) is 21.7. The van der Waals surface area contributed by atoms with E-state index in [-0.39, 0.29) is 35.7 Å². The molecule has 0 aliphatic carbocycles. The molecule has 1 unspecified atom stereocenters. The molecule has 0 aromatic heterocycles. The van der Waals surface area contributed by atoms with E-state index in [9.17, 15) is 29.4 Å². The molecule has 2 aliphatic rings. The maximum atomic E-state index is 14.1. The summed E-state index contributed by atoms with van der Waals surface area (Å²) < 4.78 is 0. The van der Waals surface area contributed by atoms with Crippen molar-refractivity contribution in [2.45, 2.75) is 124 Å². The van der Waals surface area contributed by atoms with Gasteiger partial charge in [-0.2, -0.15) is 0 Å². The molecule has 4 amide bonds. The van der Waals surface area contributed by atoms with Gasteiger partial charge < -0.3 is 30.6 Å². The van der Waals surface area contributed by atoms with Gasteiger partial charge in [-0.05, 0) is 64.3 Å². The van der Waals surface area contributed by atoms with Crippen molar-refractivity contribution >= 4 is 23.6 Å². The van der Waals surface area contributed by atoms with E-state index in [1.54, 1.807) is 24.9 Å². The fraction of sp³-hybridized carbons (Fsp3) is 0.812. The number of likely N-dealkylation sites (N-methyl/N-ethyl adjacent to an activating group) is 1. The molecule has 0 saturated carbocycles. The molecule has 4 N–H and O–H groups in total. The van der Waals surface area contributed by atoms with Crippen molar-refractivity contribution in [3.63, 3.8) is 0 Å². The third kappa shape index (κ3) is 9.49. The first-order chi connectivity index (χ1) is 20.0. The number of nitrogens with one attached hydrogen (secondary N) is 2. The third-order valence-electron chi connectivity index (χ3n) is 8.75. The van der Waals surface area contributed by atoms with Crippen LogP contribution in [0.15, 0.2) is 11.6 Å². The summed E-state index contributed by atoms with van der Waals surface area (Å²) in [4.78, 5) is 59.4. The van der Waals surface area contributed by atoms with Gasteiger partial charge in [0.05, 0.1) is 31.3 Å². The molecular weight excluding hydrogens is 550 g/mol. The monoisotopic (exact) mass is 607 g/mol. The summed E-state index contributed by atoms with van der Waals surface area (Å²) in [6.45, 7) is 16.1. The second kappa shape index (κ2) is 16.0. The van der Waals surface area contributed by atoms with Crippen LogP contribution >= 0.6 is 0 Å². The SMILES string of the molecule is CC(=C[C@H](C(C)C)N(C)C(=O)[C@@H](NC(=O)C1CCCCN1C(C)C)C(C)(C)C)C(=O)N1CCC[C@H]1C(=O)NC(CO)CO. The van der Waals surface area contributed by atoms with E-state index in [0.29, 0.717) is 25.0 Å². The number of carbonyl (C=O) groups excluding carboxylic acids is 4. The molecule has 0 radical (unpaired) electrons. The third-order valence-corrected chi connectivity index (χ3v) is 8.75. The molecule has 2 aliphatic heterocycles. The Bertz CT molecular complexity index is 1000. The lowest BCUT2D eigenvalue weighted by molar-refractivity contribution is -0.142. The molecule has 0 spiro atoms. The van der Waals surface area contributed by atoms with Crippen LogP contribution < -0.4 is 10.6 Å². The second-order valence-electron chi connectivity index (χ2n) is 13.9. The zero-order valence-electron chi connectivity index (χ0n) is 27.9. The van der Waals surface area contributed by atoms with E-state index < -0.39 is 48.7 Å². The van der Waals surface area contributed by atoms with Crippen molar-refractivity contribution < 1.29 is 29.4 Å². The Morgan fingerprint density at radius 2 is 1.49 bits per heavy atom. The Hall–Kier alpha value is -2.50. The van der Waals surface area contributed by atoms with E-state index >= 15 is 0 Å². The van der Waals surface area contributed by atoms with Crippen LogP contribution in [0.1, 0.15) is 87.5 Å². The number of rotatable bonds is 12. The average Bonchev–Trinajstić information content (AvgIpc) is 3.45. The second-order valence-corrected chi connectivity index (χ2v) is 13.9. The smallest absolute Gasteiger partial charge is 0.249 e. The van der Waals surface area contributed by atoms with Gasteiger partial charge in [0.25, 0.3) is 0 Å². The molecule has 2 heterocycles. The number of amides is 4. The fourth-order valence-electron chi connectivity index (χ4n) is 6.13. The average molecular weight is 608 g/mol. The molecule has 2 saturated heterocycles. The van der Waals surface area contributed by atoms with Gasteiger partial charge in [-0.25, -0.2) is 0 Å². The Labute approximate surface area is 258 Å². The van der Waals surface area contributed by atoms with E-state index in [1.807, 2.05) is 34.6 Å². The summed E-state index contributed by atoms with van der Waals surface area (Å²) in [6, 6.07) is -2.71. The van der Waals surface area contributed by atoms with Crippen molar-refractivity contribution in [3.8, 4) is 0 Å². The highest BCUT2D eigenvalue weighted by molar-refractivity contribution is 5.97. The summed E-state index contributed by atoms with van der Waals surface area (Å²) >= 11 is 0. The first-order valence-electron chi connectivity index (χ1n) is 15.9. The minimum Gasteiger partial charge on any atom is -0.394 e. The zero-order valence-corrected chi connectivity index (χ0v) is 27.9. The molecule has 0 aromatic carbocycles. The Morgan fingerprint density at radius 3 is 2.02 bits per heavy atom. The first-order valence-corrected chi connectivity index (χ1v) is 15.9. The quantitative estimate of drug-likeness (QED) is 0.247. The molecule has 0 bridgehead atoms. The van der Waals surface area contributed by atoms with Crippen LogP contribution in [0.5, 0.6) is 0 Å². The van der Waals surface area contributed by atoms with E-state index in [0.717, 1.165) is 25.8 Å². The van der Waals surface area contributed by atoms with Crippen molar-refractivity contribution in [1.29, 1.82) is 0 Å². The van der Waals surface area contributed by atoms with Gasteiger partial charge in [-0.1, -0.05) is 47.1 Å². The molecule has 43 heavy (non-hydrogen) atoms. The highest BCUT2D eigenvalue weighted by atomic mass is 16.3. The van der Waals surface area contributed by atoms with Gasteiger partial charge in [0, 0.05) is 25.2 Å². The summed E-state index contributed by atoms with van der Waals surface area (Å²) in [6.07, 6.45) is 5.73. The number of nitrogens with zero attached hydrogens (tertiary/aromatic N) is 3. The lowest BCUT2D eigenvalue weighted by Gasteiger charge is -2.41. The highest BCUT2D eigenvalue weighted by Crippen LogP contribution is 2.27. The summed E-state index contributed by atoms with van der Waals surface area (Å²) in [5.74, 6) is -1.07. The minimum absolute atomic E-state index is 0.0321. The largest absolute Gasteiger partial charge is 0.394 e. The van der Waals surface area contributed by atoms with E-state index in [4.69, 9.17) is 0 Å². The maximum Gasteiger partial charge on any atom is 0.249 e. The number of aliphatic hydroxyl groups excluding tert-OH is 2. The number of hydrogen-bond donors (Lipinski definition) is 4. The summed E-state index contributed by atoms with van der Waals surface area (Å²) in [7, 11) is 1.71. The highest BCUT2D eigenvalue weighted by Gasteiger charge is 2.40. The standard InChI is InChI=1S/C32H57N5O6/c1-20(2)26(17-22(5)30(42)37-16-12-14-25(37)28(40)33-23(18-38)19-39)35(9)31(43)27(32(6,7)8)34-29(41)24-13-10-11-15-36(24)21(3)4/h17,20-21,23-27,38-39H,10-16,18-19H2,1-9H3,(H,33,40)(H,34,41)/t24?,25-,26+,27+/m0/s1. The van der Waals surface area contributed by atoms with Gasteiger partial charge in [0.1, 0.15) is 12.1 Å². The molecule has 4 atom stereocenters. The number of carbonyl (C=O) groups is 4. The number of likely N-dealkylation sites (tertiary alicyclic amines) is 2. The van der Waals surface area contributed by atoms with Crippen molar-refractivity contribution in [2.24, 2.45) is 11.3 Å². The van der Waals surface area contributed by atoms with Gasteiger partial charge in [-0.3, -0.25) is 24.1 Å². The van der Waals surface area contributed by atoms with Crippen LogP contribution in [0, 0.1) is 11.3 Å². The van der Waals surface area contributed by atoms with Crippen LogP contribution in [-0.2, 0) is 19.2 Å². The molecule has 11 nitrogen and oxygen atoms in total. The summed E-state index contributed by atoms with van der Waals surface area (Å²) in [5, 5.41) is 24.4. The van der Waals surface area contributed by atoms with Crippen LogP contribution in [0.3, 0.4) is 0 Å². The Kier molecular flexibility index (Phi) is 13.6. The van der Waals surface area contributed by atoms with Crippen molar-refractivity contribution in [1.82, 2.24) is 25.3 Å². The maximum absolute atomic E-state index is 14.1. The number of piperidine rings is 1. The lowest BCUT2D eigenvalue weighted by atomic mass is 9.84. The summed E-state index contributed by atoms with van der Waals surface area (Å²) in [5.41, 5.74) is -0.129. The van der Waals surface area contributed by atoms with Crippen LogP contribution in [0.2, 0.25) is 0 Å². The minimum atomic E-state index is -0.783. The van der Waals surface area contributed by atoms with E-state index in [2.05, 4.69) is 29.4 Å². The van der Waals surface area contributed by atoms with Crippen LogP contribution in [0.25, 0.3) is 0 Å². The van der Waals surface area contributed by atoms with Crippen LogP contribution in [0.4, 0.5) is 0 Å². The Balaban J connectivity index is 2.26. The number of aliphatic hydroxyl groups is 2. The predicted molar refractivity (Wildman–Crippen MR) is 167 cm³/mol. The van der Waals surface area contributed by atoms with Gasteiger partial charge >= 0.3 is 0 Å². The van der Waals surface area contributed by atoms with E-state index in [1.165, 1.54) is 4.90 Å². The molecule has 2 rings (SSSR count). The molecule has 2 fully saturated rings. The lowest BCUT2D eigenvalue weighted by Crippen LogP contribution is -2.60. The first kappa shape index (κ1) is 36.7. The molecule has 0 aromatic rings. The van der Waals surface area contributed by atoms with Gasteiger partial charge in [0.15, 0.2) is 0 Å². The molecular formula is C32H57N5O6. The number of hydrogen-bond acceptors (Lipinski definition) is 7. The fourth-order valence-corrected chi connectivity index (χ4v) is 6.13. The van der Waals surface area contributed by atoms with Gasteiger partial charge in [0.2, 0.25) is 23.6 Å². The van der Waals surface area contributed by atoms with Gasteiger partial charge in [-0.15, -0.1) is 0 Å². The Morgan fingerprint density at radius 1 is 0.907 bits per heavy atom. The molecule has 11 heteroatoms. The molecule has 246 valence electrons. The van der Waals surface area contributed by atoms with Crippen LogP contribution in [-0.4, -0.2) is 118 Å². The zero-order chi connectivity index (χ0) is 32.6. The predicted octanol–water partition coefficient (Wildman–Crippen LogP) is 1.67. The van der Waals surface area contributed by atoms with Crippen molar-refractivity contribution in [2.75, 3.05) is 33.4 Å².